The minimum absolute atomic E-state index is 0.749. The van der Waals surface area contributed by atoms with Gasteiger partial charge in [-0.2, -0.15) is 0 Å². The lowest BCUT2D eigenvalue weighted by Crippen LogP contribution is -2.41. The molecule has 3 fully saturated rings. The predicted octanol–water partition coefficient (Wildman–Crippen LogP) is 2.91. The van der Waals surface area contributed by atoms with Crippen LogP contribution < -0.4 is 0 Å². The van der Waals surface area contributed by atoms with Gasteiger partial charge in [-0.1, -0.05) is 19.8 Å². The number of nitrogens with zero attached hydrogens (tertiary/aromatic N) is 1. The quantitative estimate of drug-likeness (QED) is 0.572. The normalized spacial score (nSPS) is 53.1. The van der Waals surface area contributed by atoms with Gasteiger partial charge in [0.2, 0.25) is 0 Å². The van der Waals surface area contributed by atoms with Crippen LogP contribution in [-0.2, 0) is 0 Å². The second-order valence-corrected chi connectivity index (χ2v) is 6.43. The first-order valence-corrected chi connectivity index (χ1v) is 6.34. The fourth-order valence-corrected chi connectivity index (χ4v) is 5.02. The van der Waals surface area contributed by atoms with Gasteiger partial charge in [-0.3, -0.25) is 0 Å². The molecule has 3 atom stereocenters. The standard InChI is InChI=1S/C13H23N/c1-11-4-7-12-5-3-6-13(12,8-11)10-14(2)9-12/h11H,3-10H2,1-2H3. The summed E-state index contributed by atoms with van der Waals surface area (Å²) in [6.45, 7) is 5.27. The summed E-state index contributed by atoms with van der Waals surface area (Å²) in [5, 5.41) is 0. The molecule has 0 aromatic rings. The number of hydrogen-bond donors (Lipinski definition) is 0. The smallest absolute Gasteiger partial charge is 0.00411 e. The molecule has 0 aromatic carbocycles. The van der Waals surface area contributed by atoms with Gasteiger partial charge in [0.15, 0.2) is 0 Å². The zero-order valence-corrected chi connectivity index (χ0v) is 9.68. The van der Waals surface area contributed by atoms with Crippen LogP contribution in [0.5, 0.6) is 0 Å². The van der Waals surface area contributed by atoms with E-state index in [0.29, 0.717) is 0 Å². The molecule has 2 aliphatic carbocycles. The van der Waals surface area contributed by atoms with Crippen LogP contribution in [0.25, 0.3) is 0 Å². The zero-order chi connectivity index (χ0) is 9.81. The molecule has 0 bridgehead atoms. The Morgan fingerprint density at radius 2 is 1.79 bits per heavy atom. The third kappa shape index (κ3) is 0.997. The van der Waals surface area contributed by atoms with Gasteiger partial charge >= 0.3 is 0 Å². The maximum Gasteiger partial charge on any atom is 0.00411 e. The van der Waals surface area contributed by atoms with Gasteiger partial charge in [-0.05, 0) is 49.5 Å². The van der Waals surface area contributed by atoms with Crippen molar-refractivity contribution in [1.82, 2.24) is 4.90 Å². The number of hydrogen-bond acceptors (Lipinski definition) is 1. The van der Waals surface area contributed by atoms with Crippen LogP contribution in [0, 0.1) is 16.7 Å². The highest BCUT2D eigenvalue weighted by molar-refractivity contribution is 5.12. The molecule has 14 heavy (non-hydrogen) atoms. The maximum absolute atomic E-state index is 2.61. The van der Waals surface area contributed by atoms with E-state index in [-0.39, 0.29) is 0 Å². The summed E-state index contributed by atoms with van der Waals surface area (Å²) >= 11 is 0. The molecule has 0 radical (unpaired) electrons. The van der Waals surface area contributed by atoms with Gasteiger partial charge < -0.3 is 4.90 Å². The van der Waals surface area contributed by atoms with Crippen molar-refractivity contribution in [3.63, 3.8) is 0 Å². The lowest BCUT2D eigenvalue weighted by molar-refractivity contribution is 0.0444. The van der Waals surface area contributed by atoms with E-state index < -0.39 is 0 Å². The average Bonchev–Trinajstić information content (AvgIpc) is 2.54. The molecule has 80 valence electrons. The van der Waals surface area contributed by atoms with E-state index in [9.17, 15) is 0 Å². The Kier molecular flexibility index (Phi) is 1.81. The average molecular weight is 193 g/mol. The van der Waals surface area contributed by atoms with E-state index in [1.807, 2.05) is 0 Å². The van der Waals surface area contributed by atoms with Crippen molar-refractivity contribution >= 4 is 0 Å². The highest BCUT2D eigenvalue weighted by atomic mass is 15.2. The van der Waals surface area contributed by atoms with E-state index in [1.54, 1.807) is 0 Å². The minimum atomic E-state index is 0.749. The van der Waals surface area contributed by atoms with E-state index in [4.69, 9.17) is 0 Å². The van der Waals surface area contributed by atoms with Crippen molar-refractivity contribution < 1.29 is 0 Å². The summed E-state index contributed by atoms with van der Waals surface area (Å²) in [5.41, 5.74) is 1.51. The lowest BCUT2D eigenvalue weighted by Gasteiger charge is -2.46. The highest BCUT2D eigenvalue weighted by Gasteiger charge is 2.60. The van der Waals surface area contributed by atoms with Crippen LogP contribution in [0.15, 0.2) is 0 Å². The van der Waals surface area contributed by atoms with Crippen molar-refractivity contribution in [2.75, 3.05) is 20.1 Å². The van der Waals surface area contributed by atoms with Gasteiger partial charge in [0.25, 0.3) is 0 Å². The first-order chi connectivity index (χ1) is 6.66. The Bertz CT molecular complexity index is 250. The molecule has 0 N–H and O–H groups in total. The Hall–Kier alpha value is -0.0400. The Morgan fingerprint density at radius 3 is 2.64 bits per heavy atom. The summed E-state index contributed by atoms with van der Waals surface area (Å²) in [6, 6.07) is 0. The lowest BCUT2D eigenvalue weighted by atomic mass is 9.57. The van der Waals surface area contributed by atoms with E-state index in [0.717, 1.165) is 16.7 Å². The molecular formula is C13H23N. The molecule has 1 saturated heterocycles. The van der Waals surface area contributed by atoms with Crippen LogP contribution in [-0.4, -0.2) is 25.0 Å². The Balaban J connectivity index is 1.97. The third-order valence-corrected chi connectivity index (χ3v) is 5.44. The monoisotopic (exact) mass is 193 g/mol. The largest absolute Gasteiger partial charge is 0.305 e. The van der Waals surface area contributed by atoms with Crippen molar-refractivity contribution in [1.29, 1.82) is 0 Å². The van der Waals surface area contributed by atoms with Crippen LogP contribution in [0.2, 0.25) is 0 Å². The molecule has 0 aromatic heterocycles. The zero-order valence-electron chi connectivity index (χ0n) is 9.68. The van der Waals surface area contributed by atoms with Crippen molar-refractivity contribution in [2.45, 2.75) is 45.4 Å². The van der Waals surface area contributed by atoms with Gasteiger partial charge in [-0.15, -0.1) is 0 Å². The van der Waals surface area contributed by atoms with Crippen LogP contribution in [0.3, 0.4) is 0 Å². The van der Waals surface area contributed by atoms with Crippen molar-refractivity contribution in [3.8, 4) is 0 Å². The Morgan fingerprint density at radius 1 is 1.07 bits per heavy atom. The van der Waals surface area contributed by atoms with Gasteiger partial charge in [0.05, 0.1) is 0 Å². The van der Waals surface area contributed by atoms with E-state index >= 15 is 0 Å². The molecule has 3 rings (SSSR count). The first-order valence-electron chi connectivity index (χ1n) is 6.34. The van der Waals surface area contributed by atoms with Gasteiger partial charge in [-0.25, -0.2) is 0 Å². The molecule has 1 heterocycles. The molecule has 2 saturated carbocycles. The summed E-state index contributed by atoms with van der Waals surface area (Å²) < 4.78 is 0. The molecule has 3 aliphatic rings. The van der Waals surface area contributed by atoms with Crippen LogP contribution in [0.4, 0.5) is 0 Å². The first kappa shape index (κ1) is 9.21. The molecule has 1 aliphatic heterocycles. The van der Waals surface area contributed by atoms with Gasteiger partial charge in [0, 0.05) is 13.1 Å². The number of rotatable bonds is 0. The number of likely N-dealkylation sites (tertiary alicyclic amines) is 1. The minimum Gasteiger partial charge on any atom is -0.305 e. The van der Waals surface area contributed by atoms with Crippen molar-refractivity contribution in [2.24, 2.45) is 16.7 Å². The molecule has 0 amide bonds. The summed E-state index contributed by atoms with van der Waals surface area (Å²) in [4.78, 5) is 2.61. The highest BCUT2D eigenvalue weighted by Crippen LogP contribution is 2.65. The van der Waals surface area contributed by atoms with Gasteiger partial charge in [0.1, 0.15) is 0 Å². The fourth-order valence-electron chi connectivity index (χ4n) is 5.02. The predicted molar refractivity (Wildman–Crippen MR) is 59.2 cm³/mol. The topological polar surface area (TPSA) is 3.24 Å². The summed E-state index contributed by atoms with van der Waals surface area (Å²) in [6.07, 6.45) is 9.12. The van der Waals surface area contributed by atoms with Crippen LogP contribution >= 0.6 is 0 Å². The third-order valence-electron chi connectivity index (χ3n) is 5.44. The molecule has 1 nitrogen and oxygen atoms in total. The fraction of sp³-hybridized carbons (Fsp3) is 1.00. The van der Waals surface area contributed by atoms with Crippen LogP contribution in [0.1, 0.15) is 45.4 Å². The second kappa shape index (κ2) is 2.75. The second-order valence-electron chi connectivity index (χ2n) is 6.43. The summed E-state index contributed by atoms with van der Waals surface area (Å²) in [5.74, 6) is 0.993. The van der Waals surface area contributed by atoms with Crippen molar-refractivity contribution in [3.05, 3.63) is 0 Å². The summed E-state index contributed by atoms with van der Waals surface area (Å²) in [7, 11) is 2.33. The van der Waals surface area contributed by atoms with E-state index in [1.165, 1.54) is 51.6 Å². The molecule has 0 spiro atoms. The SMILES string of the molecule is CC1CCC23CCCC2(C1)CN(C)C3. The molecule has 3 unspecified atom stereocenters. The molecular weight excluding hydrogens is 170 g/mol. The van der Waals surface area contributed by atoms with E-state index in [2.05, 4.69) is 18.9 Å². The Labute approximate surface area is 87.9 Å². The molecule has 1 heteroatoms. The maximum atomic E-state index is 2.61.